The van der Waals surface area contributed by atoms with Crippen LogP contribution in [0.2, 0.25) is 13.1 Å². The molecule has 0 saturated carbocycles. The van der Waals surface area contributed by atoms with Crippen LogP contribution < -0.4 is 5.32 Å². The highest BCUT2D eigenvalue weighted by molar-refractivity contribution is 6.48. The highest BCUT2D eigenvalue weighted by Crippen LogP contribution is 2.48. The standard InChI is InChI=1S/C26H48N2O6Si/c1-13-20(29)14-18(16-27-21(30)32-24(5,6)7)26(34-35(11)12)15-19(23(2,3)4)17-28(26)22(31)33-25(8,9)10/h13,18-19,35H,1,14-17H2,2-12H3,(H,27,30)/t18?,19-,26-/m0/s1. The van der Waals surface area contributed by atoms with Crippen molar-refractivity contribution in [2.75, 3.05) is 13.1 Å². The Kier molecular flexibility index (Phi) is 10.2. The molecule has 1 aliphatic rings. The molecule has 1 heterocycles. The molecule has 0 spiro atoms. The Labute approximate surface area is 213 Å². The van der Waals surface area contributed by atoms with Crippen LogP contribution >= 0.6 is 0 Å². The lowest BCUT2D eigenvalue weighted by molar-refractivity contribution is -0.127. The van der Waals surface area contributed by atoms with Gasteiger partial charge in [0.1, 0.15) is 16.9 Å². The first-order valence-electron chi connectivity index (χ1n) is 12.5. The van der Waals surface area contributed by atoms with Gasteiger partial charge in [-0.3, -0.25) is 9.69 Å². The van der Waals surface area contributed by atoms with E-state index in [0.29, 0.717) is 13.0 Å². The summed E-state index contributed by atoms with van der Waals surface area (Å²) in [5.74, 6) is -0.598. The van der Waals surface area contributed by atoms with E-state index in [1.165, 1.54) is 6.08 Å². The van der Waals surface area contributed by atoms with Gasteiger partial charge in [-0.2, -0.15) is 0 Å². The minimum atomic E-state index is -1.73. The fourth-order valence-electron chi connectivity index (χ4n) is 4.27. The van der Waals surface area contributed by atoms with Crippen LogP contribution in [0.25, 0.3) is 0 Å². The summed E-state index contributed by atoms with van der Waals surface area (Å²) in [7, 11) is -1.73. The summed E-state index contributed by atoms with van der Waals surface area (Å²) in [6.07, 6.45) is 0.810. The van der Waals surface area contributed by atoms with Crippen LogP contribution in [0.5, 0.6) is 0 Å². The number of amides is 2. The second kappa shape index (κ2) is 11.5. The summed E-state index contributed by atoms with van der Waals surface area (Å²) in [6, 6.07) is 0. The van der Waals surface area contributed by atoms with Crippen LogP contribution in [0.15, 0.2) is 12.7 Å². The third kappa shape index (κ3) is 9.60. The second-order valence-corrected chi connectivity index (χ2v) is 15.2. The van der Waals surface area contributed by atoms with E-state index in [0.717, 1.165) is 0 Å². The maximum absolute atomic E-state index is 13.5. The highest BCUT2D eigenvalue weighted by atomic mass is 28.3. The largest absolute Gasteiger partial charge is 0.444 e. The van der Waals surface area contributed by atoms with E-state index in [-0.39, 0.29) is 30.1 Å². The molecule has 0 aromatic carbocycles. The van der Waals surface area contributed by atoms with Gasteiger partial charge in [-0.15, -0.1) is 0 Å². The predicted octanol–water partition coefficient (Wildman–Crippen LogP) is 5.27. The van der Waals surface area contributed by atoms with E-state index in [1.54, 1.807) is 25.7 Å². The number of carbonyl (C=O) groups is 3. The van der Waals surface area contributed by atoms with Crippen molar-refractivity contribution in [2.24, 2.45) is 17.3 Å². The SMILES string of the molecule is C=CC(=O)CC(CNC(=O)OC(C)(C)C)[C@@]1(O[SiH](C)C)C[C@H](C(C)(C)C)CN1C(=O)OC(C)(C)C. The summed E-state index contributed by atoms with van der Waals surface area (Å²) in [4.78, 5) is 40.3. The maximum atomic E-state index is 13.5. The normalized spacial score (nSPS) is 22.1. The second-order valence-electron chi connectivity index (χ2n) is 12.8. The molecule has 1 rings (SSSR count). The summed E-state index contributed by atoms with van der Waals surface area (Å²) in [5.41, 5.74) is -2.58. The summed E-state index contributed by atoms with van der Waals surface area (Å²) in [5, 5.41) is 2.81. The van der Waals surface area contributed by atoms with Gasteiger partial charge in [0.2, 0.25) is 0 Å². The smallest absolute Gasteiger partial charge is 0.412 e. The fourth-order valence-corrected chi connectivity index (χ4v) is 5.50. The van der Waals surface area contributed by atoms with Crippen molar-refractivity contribution >= 4 is 27.0 Å². The van der Waals surface area contributed by atoms with Crippen molar-refractivity contribution in [1.29, 1.82) is 0 Å². The summed E-state index contributed by atoms with van der Waals surface area (Å²) >= 11 is 0. The van der Waals surface area contributed by atoms with Gasteiger partial charge >= 0.3 is 12.2 Å². The van der Waals surface area contributed by atoms with Gasteiger partial charge in [-0.25, -0.2) is 9.59 Å². The molecule has 1 fully saturated rings. The molecule has 8 nitrogen and oxygen atoms in total. The number of alkyl carbamates (subject to hydrolysis) is 1. The van der Waals surface area contributed by atoms with Gasteiger partial charge in [0.05, 0.1) is 0 Å². The third-order valence-electron chi connectivity index (χ3n) is 5.88. The third-order valence-corrected chi connectivity index (χ3v) is 6.76. The number of hydrogen-bond donors (Lipinski definition) is 1. The van der Waals surface area contributed by atoms with Crippen LogP contribution in [-0.4, -0.2) is 61.9 Å². The zero-order valence-corrected chi connectivity index (χ0v) is 24.9. The Hall–Kier alpha value is -1.87. The zero-order chi connectivity index (χ0) is 27.4. The Morgan fingerprint density at radius 3 is 2.03 bits per heavy atom. The molecule has 1 unspecified atom stereocenters. The molecular weight excluding hydrogens is 464 g/mol. The molecule has 0 aromatic rings. The monoisotopic (exact) mass is 512 g/mol. The molecule has 1 N–H and O–H groups in total. The number of nitrogens with zero attached hydrogens (tertiary/aromatic N) is 1. The molecule has 2 amide bonds. The van der Waals surface area contributed by atoms with E-state index in [4.69, 9.17) is 13.9 Å². The van der Waals surface area contributed by atoms with E-state index >= 15 is 0 Å². The lowest BCUT2D eigenvalue weighted by atomic mass is 9.76. The van der Waals surface area contributed by atoms with Crippen LogP contribution in [0.4, 0.5) is 9.59 Å². The molecule has 0 aromatic heterocycles. The van der Waals surface area contributed by atoms with Crippen molar-refractivity contribution in [3.63, 3.8) is 0 Å². The average Bonchev–Trinajstić information content (AvgIpc) is 3.02. The fraction of sp³-hybridized carbons (Fsp3) is 0.808. The summed E-state index contributed by atoms with van der Waals surface area (Å²) in [6.45, 7) is 25.5. The number of carbonyl (C=O) groups excluding carboxylic acids is 3. The number of allylic oxidation sites excluding steroid dienone is 1. The molecule has 0 radical (unpaired) electrons. The molecule has 1 aliphatic heterocycles. The molecular formula is C26H48N2O6Si. The first-order chi connectivity index (χ1) is 15.7. The highest BCUT2D eigenvalue weighted by Gasteiger charge is 2.57. The first kappa shape index (κ1) is 31.2. The van der Waals surface area contributed by atoms with Gasteiger partial charge in [-0.1, -0.05) is 27.4 Å². The van der Waals surface area contributed by atoms with Gasteiger partial charge in [0.25, 0.3) is 0 Å². The molecule has 0 bridgehead atoms. The van der Waals surface area contributed by atoms with Crippen LogP contribution in [0.1, 0.15) is 75.2 Å². The lowest BCUT2D eigenvalue weighted by Crippen LogP contribution is -2.59. The molecule has 1 saturated heterocycles. The lowest BCUT2D eigenvalue weighted by Gasteiger charge is -2.45. The van der Waals surface area contributed by atoms with Gasteiger partial charge in [0.15, 0.2) is 14.8 Å². The first-order valence-corrected chi connectivity index (χ1v) is 15.3. The predicted molar refractivity (Wildman–Crippen MR) is 141 cm³/mol. The number of likely N-dealkylation sites (tertiary alicyclic amines) is 1. The van der Waals surface area contributed by atoms with E-state index in [1.807, 2.05) is 33.9 Å². The Morgan fingerprint density at radius 1 is 1.06 bits per heavy atom. The molecule has 35 heavy (non-hydrogen) atoms. The minimum absolute atomic E-state index is 0.0661. The van der Waals surface area contributed by atoms with Crippen LogP contribution in [0, 0.1) is 17.3 Å². The molecule has 3 atom stereocenters. The molecule has 0 aliphatic carbocycles. The van der Waals surface area contributed by atoms with E-state index < -0.39 is 44.1 Å². The Bertz CT molecular complexity index is 778. The van der Waals surface area contributed by atoms with Gasteiger partial charge in [-0.05, 0) is 78.5 Å². The topological polar surface area (TPSA) is 94.2 Å². The van der Waals surface area contributed by atoms with Gasteiger partial charge in [0, 0.05) is 25.4 Å². The minimum Gasteiger partial charge on any atom is -0.444 e. The van der Waals surface area contributed by atoms with Crippen molar-refractivity contribution < 1.29 is 28.3 Å². The van der Waals surface area contributed by atoms with Crippen molar-refractivity contribution in [2.45, 2.75) is 105 Å². The number of rotatable bonds is 8. The maximum Gasteiger partial charge on any atom is 0.412 e. The summed E-state index contributed by atoms with van der Waals surface area (Å²) < 4.78 is 17.9. The number of nitrogens with one attached hydrogen (secondary N) is 1. The number of ether oxygens (including phenoxy) is 2. The molecule has 202 valence electrons. The zero-order valence-electron chi connectivity index (χ0n) is 23.7. The van der Waals surface area contributed by atoms with Gasteiger partial charge < -0.3 is 19.2 Å². The van der Waals surface area contributed by atoms with Crippen LogP contribution in [0.3, 0.4) is 0 Å². The van der Waals surface area contributed by atoms with Crippen molar-refractivity contribution in [1.82, 2.24) is 10.2 Å². The van der Waals surface area contributed by atoms with E-state index in [2.05, 4.69) is 32.7 Å². The Morgan fingerprint density at radius 2 is 1.60 bits per heavy atom. The van der Waals surface area contributed by atoms with Crippen molar-refractivity contribution in [3.8, 4) is 0 Å². The Balaban J connectivity index is 3.55. The quantitative estimate of drug-likeness (QED) is 0.352. The molecule has 9 heteroatoms. The van der Waals surface area contributed by atoms with E-state index in [9.17, 15) is 14.4 Å². The van der Waals surface area contributed by atoms with Crippen LogP contribution in [-0.2, 0) is 18.7 Å². The number of hydrogen-bond acceptors (Lipinski definition) is 6. The van der Waals surface area contributed by atoms with Crippen molar-refractivity contribution in [3.05, 3.63) is 12.7 Å². The average molecular weight is 513 g/mol. The number of ketones is 1.